The molecule has 2 heterocycles. The number of aromatic nitrogens is 2. The van der Waals surface area contributed by atoms with E-state index in [2.05, 4.69) is 14.7 Å². The first-order valence-electron chi connectivity index (χ1n) is 6.49. The molecule has 104 valence electrons. The van der Waals surface area contributed by atoms with Crippen molar-refractivity contribution in [3.63, 3.8) is 0 Å². The minimum atomic E-state index is -3.14. The van der Waals surface area contributed by atoms with Crippen molar-refractivity contribution in [2.45, 2.75) is 24.6 Å². The normalized spacial score (nSPS) is 15.2. The van der Waals surface area contributed by atoms with Gasteiger partial charge in [0.15, 0.2) is 0 Å². The van der Waals surface area contributed by atoms with Crippen LogP contribution in [0.1, 0.15) is 18.4 Å². The zero-order chi connectivity index (χ0) is 14.0. The number of nitrogens with one attached hydrogen (secondary N) is 1. The highest BCUT2D eigenvalue weighted by molar-refractivity contribution is 7.90. The molecule has 0 bridgehead atoms. The van der Waals surface area contributed by atoms with E-state index in [1.165, 1.54) is 0 Å². The first-order chi connectivity index (χ1) is 9.65. The summed E-state index contributed by atoms with van der Waals surface area (Å²) in [6.45, 7) is 0.305. The van der Waals surface area contributed by atoms with Gasteiger partial charge in [0.2, 0.25) is 10.0 Å². The second-order valence-corrected chi connectivity index (χ2v) is 6.90. The minimum Gasteiger partial charge on any atom is -0.265 e. The van der Waals surface area contributed by atoms with Crippen molar-refractivity contribution in [1.29, 1.82) is 0 Å². The van der Waals surface area contributed by atoms with Gasteiger partial charge >= 0.3 is 0 Å². The molecule has 0 atom stereocenters. The highest BCUT2D eigenvalue weighted by Gasteiger charge is 2.35. The summed E-state index contributed by atoms with van der Waals surface area (Å²) >= 11 is 0. The average molecular weight is 289 g/mol. The summed E-state index contributed by atoms with van der Waals surface area (Å²) in [6, 6.07) is 7.46. The van der Waals surface area contributed by atoms with Crippen LogP contribution in [0.25, 0.3) is 11.3 Å². The summed E-state index contributed by atoms with van der Waals surface area (Å²) in [5, 5.41) is -0.191. The van der Waals surface area contributed by atoms with Gasteiger partial charge in [-0.15, -0.1) is 0 Å². The number of hydrogen-bond donors (Lipinski definition) is 1. The van der Waals surface area contributed by atoms with Crippen molar-refractivity contribution < 1.29 is 8.42 Å². The molecule has 0 unspecified atom stereocenters. The zero-order valence-corrected chi connectivity index (χ0v) is 11.7. The molecule has 0 radical (unpaired) electrons. The van der Waals surface area contributed by atoms with Crippen LogP contribution in [-0.4, -0.2) is 23.6 Å². The smallest absolute Gasteiger partial charge is 0.214 e. The molecule has 1 aliphatic rings. The van der Waals surface area contributed by atoms with E-state index < -0.39 is 10.0 Å². The van der Waals surface area contributed by atoms with E-state index in [1.54, 1.807) is 18.6 Å². The van der Waals surface area contributed by atoms with Gasteiger partial charge in [-0.3, -0.25) is 9.97 Å². The summed E-state index contributed by atoms with van der Waals surface area (Å²) in [7, 11) is -3.14. The van der Waals surface area contributed by atoms with Gasteiger partial charge in [-0.05, 0) is 42.7 Å². The molecule has 1 fully saturated rings. The molecule has 1 saturated carbocycles. The standard InChI is InChI=1S/C14H15N3O2S/c18-20(19,13-1-2-13)17-10-11-3-8-16-14(9-11)12-4-6-15-7-5-12/h3-9,13,17H,1-2,10H2. The molecule has 2 aromatic heterocycles. The molecule has 1 aliphatic carbocycles. The van der Waals surface area contributed by atoms with Crippen molar-refractivity contribution in [2.24, 2.45) is 0 Å². The number of pyridine rings is 2. The molecule has 20 heavy (non-hydrogen) atoms. The topological polar surface area (TPSA) is 72.0 Å². The molecule has 2 aromatic rings. The second-order valence-electron chi connectivity index (χ2n) is 4.85. The Kier molecular flexibility index (Phi) is 3.50. The van der Waals surface area contributed by atoms with Crippen molar-refractivity contribution in [2.75, 3.05) is 0 Å². The Morgan fingerprint density at radius 2 is 1.90 bits per heavy atom. The van der Waals surface area contributed by atoms with E-state index >= 15 is 0 Å². The van der Waals surface area contributed by atoms with Crippen molar-refractivity contribution in [3.05, 3.63) is 48.4 Å². The maximum absolute atomic E-state index is 11.8. The third-order valence-corrected chi connectivity index (χ3v) is 5.14. The lowest BCUT2D eigenvalue weighted by molar-refractivity contribution is 0.580. The Labute approximate surface area is 118 Å². The van der Waals surface area contributed by atoms with Crippen molar-refractivity contribution >= 4 is 10.0 Å². The largest absolute Gasteiger partial charge is 0.265 e. The third kappa shape index (κ3) is 3.02. The van der Waals surface area contributed by atoms with E-state index in [1.807, 2.05) is 24.3 Å². The van der Waals surface area contributed by atoms with Crippen LogP contribution in [0.5, 0.6) is 0 Å². The summed E-state index contributed by atoms with van der Waals surface area (Å²) in [6.07, 6.45) is 6.65. The van der Waals surface area contributed by atoms with Gasteiger partial charge in [-0.2, -0.15) is 0 Å². The summed E-state index contributed by atoms with van der Waals surface area (Å²) in [5.74, 6) is 0. The Morgan fingerprint density at radius 1 is 1.15 bits per heavy atom. The fourth-order valence-corrected chi connectivity index (χ4v) is 3.31. The van der Waals surface area contributed by atoms with E-state index in [9.17, 15) is 8.42 Å². The second kappa shape index (κ2) is 5.30. The van der Waals surface area contributed by atoms with Crippen LogP contribution in [0, 0.1) is 0 Å². The molecule has 1 N–H and O–H groups in total. The van der Waals surface area contributed by atoms with Crippen molar-refractivity contribution in [3.8, 4) is 11.3 Å². The first kappa shape index (κ1) is 13.2. The van der Waals surface area contributed by atoms with Crippen LogP contribution in [0.4, 0.5) is 0 Å². The molecule has 3 rings (SSSR count). The van der Waals surface area contributed by atoms with Crippen LogP contribution in [0.15, 0.2) is 42.9 Å². The number of hydrogen-bond acceptors (Lipinski definition) is 4. The van der Waals surface area contributed by atoms with Gasteiger partial charge in [0.25, 0.3) is 0 Å². The third-order valence-electron chi connectivity index (χ3n) is 3.24. The lowest BCUT2D eigenvalue weighted by Gasteiger charge is -2.07. The Bertz CT molecular complexity index is 697. The molecular weight excluding hydrogens is 274 g/mol. The molecule has 0 amide bonds. The number of sulfonamides is 1. The summed E-state index contributed by atoms with van der Waals surface area (Å²) < 4.78 is 26.2. The van der Waals surface area contributed by atoms with E-state index in [0.717, 1.165) is 29.7 Å². The summed E-state index contributed by atoms with van der Waals surface area (Å²) in [5.41, 5.74) is 2.68. The Balaban J connectivity index is 1.75. The highest BCUT2D eigenvalue weighted by atomic mass is 32.2. The Morgan fingerprint density at radius 3 is 2.60 bits per heavy atom. The van der Waals surface area contributed by atoms with Gasteiger partial charge in [-0.1, -0.05) is 0 Å². The van der Waals surface area contributed by atoms with Gasteiger partial charge in [0.1, 0.15) is 0 Å². The molecule has 0 aliphatic heterocycles. The first-order valence-corrected chi connectivity index (χ1v) is 8.03. The highest BCUT2D eigenvalue weighted by Crippen LogP contribution is 2.27. The maximum Gasteiger partial charge on any atom is 0.214 e. The fraction of sp³-hybridized carbons (Fsp3) is 0.286. The van der Waals surface area contributed by atoms with Crippen LogP contribution in [-0.2, 0) is 16.6 Å². The van der Waals surface area contributed by atoms with Gasteiger partial charge in [-0.25, -0.2) is 13.1 Å². The minimum absolute atomic E-state index is 0.191. The van der Waals surface area contributed by atoms with E-state index in [0.29, 0.717) is 6.54 Å². The fourth-order valence-electron chi connectivity index (χ4n) is 1.94. The predicted octanol–water partition coefficient (Wildman–Crippen LogP) is 1.73. The van der Waals surface area contributed by atoms with Crippen LogP contribution in [0.3, 0.4) is 0 Å². The maximum atomic E-state index is 11.8. The van der Waals surface area contributed by atoms with Crippen molar-refractivity contribution in [1.82, 2.24) is 14.7 Å². The van der Waals surface area contributed by atoms with Crippen LogP contribution >= 0.6 is 0 Å². The lowest BCUT2D eigenvalue weighted by atomic mass is 10.1. The zero-order valence-electron chi connectivity index (χ0n) is 10.9. The lowest BCUT2D eigenvalue weighted by Crippen LogP contribution is -2.26. The molecular formula is C14H15N3O2S. The molecule has 0 saturated heterocycles. The van der Waals surface area contributed by atoms with E-state index in [4.69, 9.17) is 0 Å². The Hall–Kier alpha value is -1.79. The van der Waals surface area contributed by atoms with Gasteiger partial charge < -0.3 is 0 Å². The average Bonchev–Trinajstić information content (AvgIpc) is 3.32. The van der Waals surface area contributed by atoms with Crippen LogP contribution in [0.2, 0.25) is 0 Å². The summed E-state index contributed by atoms with van der Waals surface area (Å²) in [4.78, 5) is 8.27. The van der Waals surface area contributed by atoms with E-state index in [-0.39, 0.29) is 5.25 Å². The van der Waals surface area contributed by atoms with Gasteiger partial charge in [0, 0.05) is 30.7 Å². The molecule has 0 aromatic carbocycles. The monoisotopic (exact) mass is 289 g/mol. The molecule has 5 nitrogen and oxygen atoms in total. The van der Waals surface area contributed by atoms with Crippen LogP contribution < -0.4 is 4.72 Å². The number of nitrogens with zero attached hydrogens (tertiary/aromatic N) is 2. The number of rotatable bonds is 5. The quantitative estimate of drug-likeness (QED) is 0.909. The predicted molar refractivity (Wildman–Crippen MR) is 76.2 cm³/mol. The molecule has 0 spiro atoms. The SMILES string of the molecule is O=S(=O)(NCc1ccnc(-c2ccncc2)c1)C1CC1. The van der Waals surface area contributed by atoms with Gasteiger partial charge in [0.05, 0.1) is 10.9 Å². The molecule has 6 heteroatoms.